The van der Waals surface area contributed by atoms with Crippen molar-refractivity contribution in [3.8, 4) is 0 Å². The second-order valence-electron chi connectivity index (χ2n) is 5.98. The molecule has 3 N–H and O–H groups in total. The van der Waals surface area contributed by atoms with Gasteiger partial charge in [0, 0.05) is 24.3 Å². The Labute approximate surface area is 145 Å². The maximum Gasteiger partial charge on any atom is 0.303 e. The summed E-state index contributed by atoms with van der Waals surface area (Å²) in [5, 5.41) is 27.5. The maximum atomic E-state index is 11.0. The summed E-state index contributed by atoms with van der Waals surface area (Å²) in [5.74, 6) is -2.96. The third-order valence-electron chi connectivity index (χ3n) is 4.10. The van der Waals surface area contributed by atoms with Gasteiger partial charge in [-0.3, -0.25) is 14.4 Å². The highest BCUT2D eigenvalue weighted by molar-refractivity contribution is 6.30. The first-order valence-corrected chi connectivity index (χ1v) is 8.00. The van der Waals surface area contributed by atoms with Crippen LogP contribution in [0.25, 0.3) is 0 Å². The predicted octanol–water partition coefficient (Wildman–Crippen LogP) is 3.46. The van der Waals surface area contributed by atoms with E-state index in [0.717, 1.165) is 5.56 Å². The standard InChI is InChI=1S/C17H21ClO6/c18-13-3-1-12(2-4-13)11-17(8-5-14(19)20,9-6-15(21)22)10-7-16(23)24/h1-4H,5-11H2,(H,19,20)(H,21,22)(H,23,24). The van der Waals surface area contributed by atoms with Crippen LogP contribution in [0.15, 0.2) is 24.3 Å². The molecule has 7 heteroatoms. The quantitative estimate of drug-likeness (QED) is 0.559. The summed E-state index contributed by atoms with van der Waals surface area (Å²) < 4.78 is 0. The number of carbonyl (C=O) groups is 3. The van der Waals surface area contributed by atoms with E-state index in [2.05, 4.69) is 0 Å². The molecule has 1 rings (SSSR count). The lowest BCUT2D eigenvalue weighted by Crippen LogP contribution is -2.27. The van der Waals surface area contributed by atoms with E-state index in [-0.39, 0.29) is 38.5 Å². The van der Waals surface area contributed by atoms with Crippen LogP contribution in [0, 0.1) is 5.41 Å². The van der Waals surface area contributed by atoms with Crippen molar-refractivity contribution in [3.05, 3.63) is 34.9 Å². The summed E-state index contributed by atoms with van der Waals surface area (Å²) in [4.78, 5) is 32.9. The SMILES string of the molecule is O=C(O)CCC(CCC(=O)O)(CCC(=O)O)Cc1ccc(Cl)cc1. The number of hydrogen-bond donors (Lipinski definition) is 3. The van der Waals surface area contributed by atoms with E-state index in [1.807, 2.05) is 0 Å². The van der Waals surface area contributed by atoms with Crippen LogP contribution in [0.5, 0.6) is 0 Å². The molecular weight excluding hydrogens is 336 g/mol. The molecule has 0 amide bonds. The second-order valence-corrected chi connectivity index (χ2v) is 6.42. The number of benzene rings is 1. The largest absolute Gasteiger partial charge is 0.481 e. The number of aliphatic carboxylic acids is 3. The van der Waals surface area contributed by atoms with E-state index in [4.69, 9.17) is 26.9 Å². The van der Waals surface area contributed by atoms with Crippen molar-refractivity contribution in [2.75, 3.05) is 0 Å². The minimum Gasteiger partial charge on any atom is -0.481 e. The highest BCUT2D eigenvalue weighted by Crippen LogP contribution is 2.39. The van der Waals surface area contributed by atoms with Crippen molar-refractivity contribution in [1.29, 1.82) is 0 Å². The van der Waals surface area contributed by atoms with Crippen molar-refractivity contribution < 1.29 is 29.7 Å². The van der Waals surface area contributed by atoms with Gasteiger partial charge in [0.15, 0.2) is 0 Å². The topological polar surface area (TPSA) is 112 Å². The summed E-state index contributed by atoms with van der Waals surface area (Å²) in [6.45, 7) is 0. The molecule has 0 aliphatic carbocycles. The van der Waals surface area contributed by atoms with E-state index < -0.39 is 23.3 Å². The highest BCUT2D eigenvalue weighted by atomic mass is 35.5. The number of rotatable bonds is 11. The van der Waals surface area contributed by atoms with Gasteiger partial charge in [-0.1, -0.05) is 23.7 Å². The second kappa shape index (κ2) is 9.27. The molecule has 0 saturated carbocycles. The van der Waals surface area contributed by atoms with Gasteiger partial charge in [-0.2, -0.15) is 0 Å². The minimum atomic E-state index is -0.985. The molecule has 6 nitrogen and oxygen atoms in total. The van der Waals surface area contributed by atoms with Gasteiger partial charge in [-0.25, -0.2) is 0 Å². The fourth-order valence-electron chi connectivity index (χ4n) is 2.79. The van der Waals surface area contributed by atoms with Gasteiger partial charge in [0.2, 0.25) is 0 Å². The Morgan fingerprint density at radius 2 is 1.17 bits per heavy atom. The lowest BCUT2D eigenvalue weighted by atomic mass is 9.71. The zero-order valence-electron chi connectivity index (χ0n) is 13.2. The van der Waals surface area contributed by atoms with Crippen molar-refractivity contribution in [1.82, 2.24) is 0 Å². The molecule has 0 heterocycles. The Morgan fingerprint density at radius 1 is 0.792 bits per heavy atom. The lowest BCUT2D eigenvalue weighted by Gasteiger charge is -2.33. The van der Waals surface area contributed by atoms with E-state index in [1.54, 1.807) is 24.3 Å². The van der Waals surface area contributed by atoms with Crippen molar-refractivity contribution in [2.45, 2.75) is 44.9 Å². The van der Waals surface area contributed by atoms with Crippen molar-refractivity contribution in [2.24, 2.45) is 5.41 Å². The average Bonchev–Trinajstić information content (AvgIpc) is 2.50. The molecule has 0 atom stereocenters. The van der Waals surface area contributed by atoms with Crippen LogP contribution in [0.2, 0.25) is 5.02 Å². The van der Waals surface area contributed by atoms with Crippen LogP contribution in [0.1, 0.15) is 44.1 Å². The Bertz CT molecular complexity index is 536. The molecule has 0 unspecified atom stereocenters. The van der Waals surface area contributed by atoms with E-state index >= 15 is 0 Å². The average molecular weight is 357 g/mol. The number of halogens is 1. The van der Waals surface area contributed by atoms with Crippen LogP contribution in [-0.4, -0.2) is 33.2 Å². The fraction of sp³-hybridized carbons (Fsp3) is 0.471. The van der Waals surface area contributed by atoms with Gasteiger partial charge in [0.05, 0.1) is 0 Å². The molecule has 1 aromatic rings. The van der Waals surface area contributed by atoms with Crippen LogP contribution >= 0.6 is 11.6 Å². The first-order chi connectivity index (χ1) is 11.2. The highest BCUT2D eigenvalue weighted by Gasteiger charge is 2.32. The molecule has 0 saturated heterocycles. The van der Waals surface area contributed by atoms with Crippen LogP contribution in [0.3, 0.4) is 0 Å². The molecule has 0 aliphatic rings. The summed E-state index contributed by atoms with van der Waals surface area (Å²) in [6.07, 6.45) is 0.701. The van der Waals surface area contributed by atoms with Gasteiger partial charge >= 0.3 is 17.9 Å². The molecule has 0 fully saturated rings. The van der Waals surface area contributed by atoms with Gasteiger partial charge < -0.3 is 15.3 Å². The molecule has 0 radical (unpaired) electrons. The molecule has 0 bridgehead atoms. The van der Waals surface area contributed by atoms with Crippen LogP contribution < -0.4 is 0 Å². The van der Waals surface area contributed by atoms with Crippen molar-refractivity contribution >= 4 is 29.5 Å². The molecule has 1 aromatic carbocycles. The number of carboxylic acid groups (broad SMARTS) is 3. The molecule has 24 heavy (non-hydrogen) atoms. The molecular formula is C17H21ClO6. The lowest BCUT2D eigenvalue weighted by molar-refractivity contribution is -0.138. The number of carboxylic acids is 3. The van der Waals surface area contributed by atoms with Gasteiger partial charge in [-0.15, -0.1) is 0 Å². The minimum absolute atomic E-state index is 0.132. The Balaban J connectivity index is 3.04. The van der Waals surface area contributed by atoms with E-state index in [1.165, 1.54) is 0 Å². The molecule has 0 aliphatic heterocycles. The normalized spacial score (nSPS) is 11.2. The Kier molecular flexibility index (Phi) is 7.71. The van der Waals surface area contributed by atoms with Gasteiger partial charge in [0.25, 0.3) is 0 Å². The number of hydrogen-bond acceptors (Lipinski definition) is 3. The predicted molar refractivity (Wildman–Crippen MR) is 88.2 cm³/mol. The zero-order valence-corrected chi connectivity index (χ0v) is 14.0. The third kappa shape index (κ3) is 7.46. The monoisotopic (exact) mass is 356 g/mol. The first-order valence-electron chi connectivity index (χ1n) is 7.62. The fourth-order valence-corrected chi connectivity index (χ4v) is 2.92. The molecule has 0 aromatic heterocycles. The van der Waals surface area contributed by atoms with E-state index in [0.29, 0.717) is 11.4 Å². The summed E-state index contributed by atoms with van der Waals surface area (Å²) >= 11 is 5.86. The third-order valence-corrected chi connectivity index (χ3v) is 4.35. The van der Waals surface area contributed by atoms with Gasteiger partial charge in [-0.05, 0) is 48.8 Å². The van der Waals surface area contributed by atoms with Gasteiger partial charge in [0.1, 0.15) is 0 Å². The maximum absolute atomic E-state index is 11.0. The van der Waals surface area contributed by atoms with E-state index in [9.17, 15) is 14.4 Å². The summed E-state index contributed by atoms with van der Waals surface area (Å²) in [7, 11) is 0. The molecule has 0 spiro atoms. The van der Waals surface area contributed by atoms with Crippen LogP contribution in [0.4, 0.5) is 0 Å². The van der Waals surface area contributed by atoms with Crippen LogP contribution in [-0.2, 0) is 20.8 Å². The first kappa shape index (κ1) is 20.0. The summed E-state index contributed by atoms with van der Waals surface area (Å²) in [6, 6.07) is 6.99. The van der Waals surface area contributed by atoms with Crippen molar-refractivity contribution in [3.63, 3.8) is 0 Å². The Morgan fingerprint density at radius 3 is 1.50 bits per heavy atom. The molecule has 132 valence electrons. The Hall–Kier alpha value is -2.08. The summed E-state index contributed by atoms with van der Waals surface area (Å²) in [5.41, 5.74) is 0.184. The zero-order chi connectivity index (χ0) is 18.2. The smallest absolute Gasteiger partial charge is 0.303 e.